The number of ketones is 1. The molecule has 8 nitrogen and oxygen atoms in total. The van der Waals surface area contributed by atoms with Gasteiger partial charge in [-0.2, -0.15) is 5.10 Å². The number of carbonyl (C=O) groups excluding carboxylic acids is 1. The summed E-state index contributed by atoms with van der Waals surface area (Å²) in [7, 11) is 1.71. The van der Waals surface area contributed by atoms with Gasteiger partial charge in [-0.25, -0.2) is 9.97 Å². The maximum atomic E-state index is 11.9. The zero-order valence-electron chi connectivity index (χ0n) is 25.4. The van der Waals surface area contributed by atoms with Crippen LogP contribution in [0.5, 0.6) is 0 Å². The van der Waals surface area contributed by atoms with Crippen molar-refractivity contribution in [2.45, 2.75) is 99.1 Å². The summed E-state index contributed by atoms with van der Waals surface area (Å²) < 4.78 is 8.81. The van der Waals surface area contributed by atoms with Crippen LogP contribution in [0, 0.1) is 19.8 Å². The minimum absolute atomic E-state index is 0.0251. The number of carbonyl (C=O) groups is 1. The maximum absolute atomic E-state index is 11.9. The van der Waals surface area contributed by atoms with Crippen molar-refractivity contribution >= 4 is 16.8 Å². The molecule has 0 aliphatic heterocycles. The molecule has 0 saturated heterocycles. The van der Waals surface area contributed by atoms with Crippen molar-refractivity contribution in [3.05, 3.63) is 65.1 Å². The van der Waals surface area contributed by atoms with Gasteiger partial charge in [-0.3, -0.25) is 18.8 Å². The number of rotatable bonds is 12. The number of hydrogen-bond acceptors (Lipinski definition) is 6. The average molecular weight is 540 g/mol. The van der Waals surface area contributed by atoms with Crippen LogP contribution in [0.4, 0.5) is 0 Å². The highest BCUT2D eigenvalue weighted by Gasteiger charge is 2.20. The van der Waals surface area contributed by atoms with Crippen LogP contribution in [-0.4, -0.2) is 43.8 Å². The van der Waals surface area contributed by atoms with Crippen LogP contribution >= 0.6 is 0 Å². The highest BCUT2D eigenvalue weighted by Crippen LogP contribution is 2.14. The molecule has 0 unspecified atom stereocenters. The molecular formula is C31H49N5O3. The van der Waals surface area contributed by atoms with E-state index in [1.807, 2.05) is 30.9 Å². The number of fused-ring (bicyclic) bond motifs is 1. The van der Waals surface area contributed by atoms with E-state index in [-0.39, 0.29) is 16.9 Å². The van der Waals surface area contributed by atoms with Gasteiger partial charge in [0.05, 0.1) is 18.3 Å². The molecule has 0 amide bonds. The van der Waals surface area contributed by atoms with E-state index in [1.165, 1.54) is 24.5 Å². The summed E-state index contributed by atoms with van der Waals surface area (Å²) in [6, 6.07) is 3.39. The Morgan fingerprint density at radius 3 is 2.44 bits per heavy atom. The van der Waals surface area contributed by atoms with Gasteiger partial charge in [0.1, 0.15) is 11.5 Å². The molecule has 39 heavy (non-hydrogen) atoms. The van der Waals surface area contributed by atoms with Crippen molar-refractivity contribution in [3.63, 3.8) is 0 Å². The summed E-state index contributed by atoms with van der Waals surface area (Å²) in [6.45, 7) is 19.3. The highest BCUT2D eigenvalue weighted by atomic mass is 16.5. The Balaban J connectivity index is 0.000000315. The number of aryl methyl sites for hydroxylation is 3. The molecule has 8 heteroatoms. The number of unbranched alkanes of at least 4 members (excludes halogenated alkanes) is 3. The van der Waals surface area contributed by atoms with Crippen molar-refractivity contribution < 1.29 is 9.53 Å². The van der Waals surface area contributed by atoms with E-state index in [1.54, 1.807) is 30.0 Å². The second-order valence-electron chi connectivity index (χ2n) is 10.9. The lowest BCUT2D eigenvalue weighted by Gasteiger charge is -2.24. The molecule has 0 spiro atoms. The lowest BCUT2D eigenvalue weighted by Crippen LogP contribution is -2.31. The lowest BCUT2D eigenvalue weighted by atomic mass is 10.1. The van der Waals surface area contributed by atoms with Crippen LogP contribution < -0.4 is 5.56 Å². The summed E-state index contributed by atoms with van der Waals surface area (Å²) in [4.78, 5) is 31.1. The molecule has 0 radical (unpaired) electrons. The number of aromatic nitrogens is 5. The van der Waals surface area contributed by atoms with Gasteiger partial charge in [-0.05, 0) is 64.2 Å². The van der Waals surface area contributed by atoms with E-state index in [2.05, 4.69) is 56.3 Å². The first-order valence-corrected chi connectivity index (χ1v) is 13.9. The number of hydrogen-bond donors (Lipinski definition) is 0. The molecule has 3 aromatic rings. The van der Waals surface area contributed by atoms with Gasteiger partial charge in [0.15, 0.2) is 5.78 Å². The average Bonchev–Trinajstić information content (AvgIpc) is 3.34. The van der Waals surface area contributed by atoms with Crippen LogP contribution in [0.3, 0.4) is 0 Å². The monoisotopic (exact) mass is 539 g/mol. The van der Waals surface area contributed by atoms with Crippen molar-refractivity contribution in [1.82, 2.24) is 24.3 Å². The molecule has 0 aliphatic rings. The predicted octanol–water partition coefficient (Wildman–Crippen LogP) is 6.43. The van der Waals surface area contributed by atoms with Crippen molar-refractivity contribution in [1.29, 1.82) is 0 Å². The predicted molar refractivity (Wildman–Crippen MR) is 160 cm³/mol. The van der Waals surface area contributed by atoms with Crippen molar-refractivity contribution in [2.75, 3.05) is 13.7 Å². The third-order valence-corrected chi connectivity index (χ3v) is 6.10. The van der Waals surface area contributed by atoms with E-state index >= 15 is 0 Å². The zero-order valence-corrected chi connectivity index (χ0v) is 25.4. The first-order valence-electron chi connectivity index (χ1n) is 13.9. The fraction of sp³-hybridized carbons (Fsp3) is 0.581. The SMILES string of the molecule is C=CC(=O)CCC(C)C.CCCCCCn1c(=O)ccc2cnc(C)nc21.COCC(C)(C)n1cc(C)cn1. The van der Waals surface area contributed by atoms with Gasteiger partial charge in [-0.1, -0.05) is 46.6 Å². The summed E-state index contributed by atoms with van der Waals surface area (Å²) in [6.07, 6.45) is 13.3. The quantitative estimate of drug-likeness (QED) is 0.194. The largest absolute Gasteiger partial charge is 0.382 e. The Morgan fingerprint density at radius 1 is 1.15 bits per heavy atom. The Bertz CT molecular complexity index is 1210. The fourth-order valence-corrected chi connectivity index (χ4v) is 3.77. The topological polar surface area (TPSA) is 91.9 Å². The van der Waals surface area contributed by atoms with Crippen LogP contribution in [0.1, 0.15) is 84.5 Å². The van der Waals surface area contributed by atoms with Crippen LogP contribution in [0.2, 0.25) is 0 Å². The van der Waals surface area contributed by atoms with Gasteiger partial charge in [0.25, 0.3) is 5.56 Å². The molecular weight excluding hydrogens is 490 g/mol. The molecule has 0 aliphatic carbocycles. The van der Waals surface area contributed by atoms with Crippen LogP contribution in [0.15, 0.2) is 48.2 Å². The molecule has 0 bridgehead atoms. The van der Waals surface area contributed by atoms with Gasteiger partial charge in [0, 0.05) is 43.9 Å². The highest BCUT2D eigenvalue weighted by molar-refractivity contribution is 5.88. The number of methoxy groups -OCH3 is 1. The lowest BCUT2D eigenvalue weighted by molar-refractivity contribution is -0.114. The normalized spacial score (nSPS) is 11.0. The molecule has 3 heterocycles. The van der Waals surface area contributed by atoms with Gasteiger partial charge in [-0.15, -0.1) is 0 Å². The molecule has 0 fully saturated rings. The third kappa shape index (κ3) is 12.5. The summed E-state index contributed by atoms with van der Waals surface area (Å²) >= 11 is 0. The van der Waals surface area contributed by atoms with Crippen LogP contribution in [-0.2, 0) is 21.6 Å². The van der Waals surface area contributed by atoms with Crippen LogP contribution in [0.25, 0.3) is 11.0 Å². The number of pyridine rings is 1. The van der Waals surface area contributed by atoms with Gasteiger partial charge >= 0.3 is 0 Å². The second kappa shape index (κ2) is 17.5. The van der Waals surface area contributed by atoms with E-state index < -0.39 is 0 Å². The molecule has 0 saturated carbocycles. The molecule has 3 aromatic heterocycles. The smallest absolute Gasteiger partial charge is 0.252 e. The Morgan fingerprint density at radius 2 is 1.87 bits per heavy atom. The number of nitrogens with zero attached hydrogens (tertiary/aromatic N) is 5. The van der Waals surface area contributed by atoms with E-state index in [4.69, 9.17) is 4.74 Å². The number of ether oxygens (including phenoxy) is 1. The molecule has 216 valence electrons. The Kier molecular flexibility index (Phi) is 15.2. The summed E-state index contributed by atoms with van der Waals surface area (Å²) in [5.41, 5.74) is 1.91. The van der Waals surface area contributed by atoms with Gasteiger partial charge in [0.2, 0.25) is 0 Å². The van der Waals surface area contributed by atoms with E-state index in [0.29, 0.717) is 24.8 Å². The molecule has 3 rings (SSSR count). The standard InChI is InChI=1S/C14H19N3O.C9H16N2O.C8H14O/c1-3-4-5-6-9-17-13(18)8-7-12-10-15-11(2)16-14(12)17;1-8-5-10-11(6-8)9(2,3)7-12-4;1-4-8(9)6-5-7(2)3/h7-8,10H,3-6,9H2,1-2H3;5-6H,7H2,1-4H3;4,7H,1,5-6H2,2-3H3. The summed E-state index contributed by atoms with van der Waals surface area (Å²) in [5.74, 6) is 1.48. The minimum atomic E-state index is -0.0526. The molecule has 0 atom stereocenters. The molecule has 0 N–H and O–H groups in total. The number of allylic oxidation sites excluding steroid dienone is 1. The van der Waals surface area contributed by atoms with Crippen molar-refractivity contribution in [2.24, 2.45) is 5.92 Å². The minimum Gasteiger partial charge on any atom is -0.382 e. The Labute approximate surface area is 234 Å². The summed E-state index contributed by atoms with van der Waals surface area (Å²) in [5, 5.41) is 5.17. The van der Waals surface area contributed by atoms with E-state index in [0.717, 1.165) is 36.8 Å². The second-order valence-corrected chi connectivity index (χ2v) is 10.9. The van der Waals surface area contributed by atoms with E-state index in [9.17, 15) is 9.59 Å². The zero-order chi connectivity index (χ0) is 29.4. The van der Waals surface area contributed by atoms with Crippen molar-refractivity contribution in [3.8, 4) is 0 Å². The third-order valence-electron chi connectivity index (χ3n) is 6.10. The fourth-order valence-electron chi connectivity index (χ4n) is 3.77. The first-order chi connectivity index (χ1) is 18.4. The Hall–Kier alpha value is -3.13. The van der Waals surface area contributed by atoms with Gasteiger partial charge < -0.3 is 4.74 Å². The maximum Gasteiger partial charge on any atom is 0.252 e. The first kappa shape index (κ1) is 33.9. The molecule has 0 aromatic carbocycles.